The van der Waals surface area contributed by atoms with E-state index in [-0.39, 0.29) is 5.41 Å². The Morgan fingerprint density at radius 1 is 1.19 bits per heavy atom. The maximum atomic E-state index is 4.46. The van der Waals surface area contributed by atoms with Gasteiger partial charge < -0.3 is 5.32 Å². The Bertz CT molecular complexity index is 605. The highest BCUT2D eigenvalue weighted by Gasteiger charge is 2.46. The van der Waals surface area contributed by atoms with Crippen LogP contribution in [-0.4, -0.2) is 5.71 Å². The number of fused-ring (bicyclic) bond motifs is 1. The van der Waals surface area contributed by atoms with Crippen molar-refractivity contribution in [2.24, 2.45) is 4.99 Å². The Hall–Kier alpha value is -2.09. The fourth-order valence-corrected chi connectivity index (χ4v) is 2.78. The van der Waals surface area contributed by atoms with Crippen LogP contribution in [0.25, 0.3) is 0 Å². The average molecular weight is 206 g/mol. The molecule has 0 fully saturated rings. The van der Waals surface area contributed by atoms with Crippen LogP contribution in [0, 0.1) is 0 Å². The normalized spacial score (nSPS) is 27.8. The number of hydrogen-bond donors (Lipinski definition) is 1. The highest BCUT2D eigenvalue weighted by molar-refractivity contribution is 6.13. The Balaban J connectivity index is 2.09. The summed E-state index contributed by atoms with van der Waals surface area (Å²) >= 11 is 0. The van der Waals surface area contributed by atoms with Gasteiger partial charge >= 0.3 is 0 Å². The van der Waals surface area contributed by atoms with Gasteiger partial charge in [-0.15, -0.1) is 0 Å². The fraction of sp³-hybridized carbons (Fsp3) is 0.0714. The van der Waals surface area contributed by atoms with E-state index in [2.05, 4.69) is 58.9 Å². The van der Waals surface area contributed by atoms with Crippen LogP contribution in [0.5, 0.6) is 0 Å². The third-order valence-corrected chi connectivity index (χ3v) is 3.51. The highest BCUT2D eigenvalue weighted by atomic mass is 15.0. The van der Waals surface area contributed by atoms with Crippen LogP contribution >= 0.6 is 0 Å². The molecule has 1 unspecified atom stereocenters. The summed E-state index contributed by atoms with van der Waals surface area (Å²) in [4.78, 5) is 4.46. The van der Waals surface area contributed by atoms with E-state index in [1.807, 2.05) is 6.20 Å². The maximum Gasteiger partial charge on any atom is 0.0991 e. The molecule has 1 atom stereocenters. The first-order valence-electron chi connectivity index (χ1n) is 5.43. The molecule has 2 aliphatic heterocycles. The summed E-state index contributed by atoms with van der Waals surface area (Å²) in [7, 11) is 0. The second-order valence-electron chi connectivity index (χ2n) is 4.25. The Morgan fingerprint density at radius 3 is 3.12 bits per heavy atom. The van der Waals surface area contributed by atoms with Gasteiger partial charge in [0.25, 0.3) is 0 Å². The van der Waals surface area contributed by atoms with Gasteiger partial charge in [0.15, 0.2) is 0 Å². The molecule has 1 aromatic carbocycles. The molecule has 76 valence electrons. The molecule has 0 amide bonds. The lowest BCUT2D eigenvalue weighted by atomic mass is 9.74. The fourth-order valence-electron chi connectivity index (χ4n) is 2.78. The first-order valence-corrected chi connectivity index (χ1v) is 5.43. The van der Waals surface area contributed by atoms with Gasteiger partial charge in [-0.25, -0.2) is 0 Å². The lowest BCUT2D eigenvalue weighted by molar-refractivity contribution is 0.906. The van der Waals surface area contributed by atoms with Crippen molar-refractivity contribution >= 4 is 11.4 Å². The van der Waals surface area contributed by atoms with Crippen molar-refractivity contribution < 1.29 is 0 Å². The molecule has 0 radical (unpaired) electrons. The lowest BCUT2D eigenvalue weighted by Gasteiger charge is -2.26. The standard InChI is InChI=1S/C14H10N2/c1-2-5-11-10(4-1)14-8-9-15-12(14)6-3-7-13(14)16-11/h1-9,16H. The van der Waals surface area contributed by atoms with E-state index in [9.17, 15) is 0 Å². The minimum Gasteiger partial charge on any atom is -0.357 e. The third-order valence-electron chi connectivity index (χ3n) is 3.51. The van der Waals surface area contributed by atoms with Crippen LogP contribution in [0.1, 0.15) is 5.56 Å². The lowest BCUT2D eigenvalue weighted by Crippen LogP contribution is -2.32. The zero-order chi connectivity index (χ0) is 10.6. The number of hydrogen-bond acceptors (Lipinski definition) is 2. The molecule has 2 heterocycles. The monoisotopic (exact) mass is 206 g/mol. The molecule has 4 rings (SSSR count). The van der Waals surface area contributed by atoms with Crippen molar-refractivity contribution in [2.75, 3.05) is 5.32 Å². The van der Waals surface area contributed by atoms with Crippen molar-refractivity contribution in [1.82, 2.24) is 0 Å². The van der Waals surface area contributed by atoms with Crippen LogP contribution in [-0.2, 0) is 5.41 Å². The number of allylic oxidation sites excluding steroid dienone is 4. The van der Waals surface area contributed by atoms with Crippen molar-refractivity contribution in [1.29, 1.82) is 0 Å². The van der Waals surface area contributed by atoms with Crippen LogP contribution in [0.2, 0.25) is 0 Å². The Morgan fingerprint density at radius 2 is 2.12 bits per heavy atom. The average Bonchev–Trinajstić information content (AvgIpc) is 2.87. The minimum atomic E-state index is -0.134. The summed E-state index contributed by atoms with van der Waals surface area (Å²) in [6.45, 7) is 0. The smallest absolute Gasteiger partial charge is 0.0991 e. The summed E-state index contributed by atoms with van der Waals surface area (Å²) < 4.78 is 0. The summed E-state index contributed by atoms with van der Waals surface area (Å²) in [6, 6.07) is 8.43. The number of benzene rings is 1. The van der Waals surface area contributed by atoms with Gasteiger partial charge in [0.1, 0.15) is 0 Å². The van der Waals surface area contributed by atoms with E-state index >= 15 is 0 Å². The second kappa shape index (κ2) is 2.53. The van der Waals surface area contributed by atoms with E-state index in [0.717, 1.165) is 5.71 Å². The number of para-hydroxylation sites is 1. The van der Waals surface area contributed by atoms with Crippen LogP contribution < -0.4 is 5.32 Å². The van der Waals surface area contributed by atoms with Crippen molar-refractivity contribution in [2.45, 2.75) is 5.41 Å². The van der Waals surface area contributed by atoms with Crippen molar-refractivity contribution in [3.63, 3.8) is 0 Å². The third kappa shape index (κ3) is 0.735. The number of aliphatic imine (C=N–C) groups is 1. The van der Waals surface area contributed by atoms with Crippen LogP contribution in [0.3, 0.4) is 0 Å². The van der Waals surface area contributed by atoms with Gasteiger partial charge in [-0.05, 0) is 29.9 Å². The summed E-state index contributed by atoms with van der Waals surface area (Å²) in [6.07, 6.45) is 10.4. The Labute approximate surface area is 93.7 Å². The molecule has 1 aliphatic carbocycles. The van der Waals surface area contributed by atoms with Crippen molar-refractivity contribution in [3.8, 4) is 0 Å². The molecule has 2 nitrogen and oxygen atoms in total. The summed E-state index contributed by atoms with van der Waals surface area (Å²) in [5.74, 6) is 0. The maximum absolute atomic E-state index is 4.46. The second-order valence-corrected chi connectivity index (χ2v) is 4.25. The van der Waals surface area contributed by atoms with E-state index in [0.29, 0.717) is 0 Å². The molecular formula is C14H10N2. The molecule has 3 aliphatic rings. The van der Waals surface area contributed by atoms with Gasteiger partial charge in [0.2, 0.25) is 0 Å². The minimum absolute atomic E-state index is 0.134. The predicted molar refractivity (Wildman–Crippen MR) is 65.5 cm³/mol. The molecular weight excluding hydrogens is 196 g/mol. The SMILES string of the molecule is C1=CC2=NC=CC23C(=C1)Nc1ccccc13. The molecule has 1 aromatic rings. The Kier molecular flexibility index (Phi) is 1.28. The van der Waals surface area contributed by atoms with Gasteiger partial charge in [-0.1, -0.05) is 24.3 Å². The van der Waals surface area contributed by atoms with Crippen molar-refractivity contribution in [3.05, 3.63) is 66.0 Å². The molecule has 2 heteroatoms. The molecule has 0 bridgehead atoms. The van der Waals surface area contributed by atoms with Crippen LogP contribution in [0.4, 0.5) is 5.69 Å². The van der Waals surface area contributed by atoms with Gasteiger partial charge in [-0.2, -0.15) is 0 Å². The molecule has 16 heavy (non-hydrogen) atoms. The number of nitrogens with zero attached hydrogens (tertiary/aromatic N) is 1. The van der Waals surface area contributed by atoms with Gasteiger partial charge in [-0.3, -0.25) is 4.99 Å². The molecule has 0 aromatic heterocycles. The molecule has 1 N–H and O–H groups in total. The number of rotatable bonds is 0. The summed E-state index contributed by atoms with van der Waals surface area (Å²) in [5.41, 5.74) is 4.69. The molecule has 0 saturated heterocycles. The molecule has 1 spiro atoms. The quantitative estimate of drug-likeness (QED) is 0.693. The molecule has 0 saturated carbocycles. The zero-order valence-electron chi connectivity index (χ0n) is 8.64. The topological polar surface area (TPSA) is 24.4 Å². The van der Waals surface area contributed by atoms with E-state index in [1.165, 1.54) is 16.9 Å². The summed E-state index contributed by atoms with van der Waals surface area (Å²) in [5, 5.41) is 3.48. The van der Waals surface area contributed by atoms with Gasteiger partial charge in [0.05, 0.1) is 11.1 Å². The number of anilines is 1. The first kappa shape index (κ1) is 8.11. The van der Waals surface area contributed by atoms with E-state index < -0.39 is 0 Å². The van der Waals surface area contributed by atoms with E-state index in [4.69, 9.17) is 0 Å². The largest absolute Gasteiger partial charge is 0.357 e. The highest BCUT2D eigenvalue weighted by Crippen LogP contribution is 2.49. The van der Waals surface area contributed by atoms with E-state index in [1.54, 1.807) is 0 Å². The zero-order valence-corrected chi connectivity index (χ0v) is 8.64. The predicted octanol–water partition coefficient (Wildman–Crippen LogP) is 2.77. The van der Waals surface area contributed by atoms with Gasteiger partial charge in [0, 0.05) is 17.6 Å². The first-order chi connectivity index (χ1) is 7.91. The number of nitrogens with one attached hydrogen (secondary N) is 1. The van der Waals surface area contributed by atoms with Crippen LogP contribution in [0.15, 0.2) is 65.5 Å².